The Hall–Kier alpha value is -1.73. The van der Waals surface area contributed by atoms with Gasteiger partial charge in [-0.25, -0.2) is 8.42 Å². The molecule has 2 heterocycles. The number of piperazine rings is 1. The molecule has 0 bridgehead atoms. The molecule has 0 radical (unpaired) electrons. The molecule has 27 heavy (non-hydrogen) atoms. The highest BCUT2D eigenvalue weighted by Gasteiger charge is 2.34. The first kappa shape index (κ1) is 20.0. The van der Waals surface area contributed by atoms with E-state index in [1.807, 2.05) is 32.0 Å². The molecule has 0 saturated carbocycles. The molecule has 1 atom stereocenters. The van der Waals surface area contributed by atoms with Crippen molar-refractivity contribution in [1.82, 2.24) is 9.80 Å². The number of sulfone groups is 1. The van der Waals surface area contributed by atoms with E-state index >= 15 is 0 Å². The number of hydrogen-bond donors (Lipinski definition) is 0. The molecule has 6 nitrogen and oxygen atoms in total. The van der Waals surface area contributed by atoms with Gasteiger partial charge >= 0.3 is 0 Å². The topological polar surface area (TPSA) is 74.8 Å². The van der Waals surface area contributed by atoms with E-state index in [0.29, 0.717) is 38.2 Å². The van der Waals surface area contributed by atoms with Gasteiger partial charge in [-0.05, 0) is 31.9 Å². The highest BCUT2D eigenvalue weighted by atomic mass is 32.2. The number of amides is 1. The maximum absolute atomic E-state index is 12.5. The van der Waals surface area contributed by atoms with Gasteiger partial charge in [-0.3, -0.25) is 14.5 Å². The van der Waals surface area contributed by atoms with Crippen molar-refractivity contribution >= 4 is 21.5 Å². The molecule has 2 fully saturated rings. The van der Waals surface area contributed by atoms with E-state index in [4.69, 9.17) is 0 Å². The van der Waals surface area contributed by atoms with Crippen LogP contribution in [0.4, 0.5) is 0 Å². The lowest BCUT2D eigenvalue weighted by Gasteiger charge is -2.37. The summed E-state index contributed by atoms with van der Waals surface area (Å²) in [5, 5.41) is 0. The Balaban J connectivity index is 1.47. The Labute approximate surface area is 161 Å². The second kappa shape index (κ2) is 8.10. The summed E-state index contributed by atoms with van der Waals surface area (Å²) in [6, 6.07) is 5.90. The third-order valence-electron chi connectivity index (χ3n) is 5.65. The van der Waals surface area contributed by atoms with Crippen LogP contribution in [-0.4, -0.2) is 73.6 Å². The summed E-state index contributed by atoms with van der Waals surface area (Å²) >= 11 is 0. The molecular weight excluding hydrogens is 364 g/mol. The monoisotopic (exact) mass is 392 g/mol. The zero-order chi connectivity index (χ0) is 19.6. The fraction of sp³-hybridized carbons (Fsp3) is 0.600. The molecule has 2 aliphatic rings. The van der Waals surface area contributed by atoms with E-state index in [9.17, 15) is 18.0 Å². The molecule has 1 aromatic rings. The van der Waals surface area contributed by atoms with E-state index in [1.54, 1.807) is 4.90 Å². The van der Waals surface area contributed by atoms with Gasteiger partial charge in [-0.2, -0.15) is 0 Å². The van der Waals surface area contributed by atoms with Crippen LogP contribution in [0, 0.1) is 13.8 Å². The van der Waals surface area contributed by atoms with Gasteiger partial charge in [0, 0.05) is 50.6 Å². The SMILES string of the molecule is Cc1ccc(C)c(C(=O)CCC(=O)N2CCN(C3CCS(=O)(=O)C3)CC2)c1. The van der Waals surface area contributed by atoms with Gasteiger partial charge in [0.05, 0.1) is 11.5 Å². The van der Waals surface area contributed by atoms with Crippen molar-refractivity contribution in [2.24, 2.45) is 0 Å². The summed E-state index contributed by atoms with van der Waals surface area (Å²) in [7, 11) is -2.89. The van der Waals surface area contributed by atoms with Gasteiger partial charge in [0.25, 0.3) is 0 Å². The largest absolute Gasteiger partial charge is 0.340 e. The molecular formula is C20H28N2O4S. The van der Waals surface area contributed by atoms with Crippen LogP contribution in [0.5, 0.6) is 0 Å². The van der Waals surface area contributed by atoms with Gasteiger partial charge in [0.15, 0.2) is 15.6 Å². The van der Waals surface area contributed by atoms with E-state index in [0.717, 1.165) is 11.1 Å². The van der Waals surface area contributed by atoms with Gasteiger partial charge < -0.3 is 4.90 Å². The third-order valence-corrected chi connectivity index (χ3v) is 7.40. The van der Waals surface area contributed by atoms with Crippen molar-refractivity contribution in [2.75, 3.05) is 37.7 Å². The van der Waals surface area contributed by atoms with Crippen molar-refractivity contribution in [1.29, 1.82) is 0 Å². The van der Waals surface area contributed by atoms with Crippen LogP contribution in [0.15, 0.2) is 18.2 Å². The van der Waals surface area contributed by atoms with Crippen LogP contribution in [-0.2, 0) is 14.6 Å². The predicted molar refractivity (Wildman–Crippen MR) is 105 cm³/mol. The van der Waals surface area contributed by atoms with Gasteiger partial charge in [-0.1, -0.05) is 17.7 Å². The smallest absolute Gasteiger partial charge is 0.223 e. The molecule has 0 aromatic heterocycles. The van der Waals surface area contributed by atoms with Crippen LogP contribution in [0.1, 0.15) is 40.7 Å². The lowest BCUT2D eigenvalue weighted by Crippen LogP contribution is -2.52. The van der Waals surface area contributed by atoms with Crippen LogP contribution >= 0.6 is 0 Å². The number of aryl methyl sites for hydroxylation is 2. The standard InChI is InChI=1S/C20H28N2O4S/c1-15-3-4-16(2)18(13-15)19(23)5-6-20(24)22-10-8-21(9-11-22)17-7-12-27(25,26)14-17/h3-4,13,17H,5-12,14H2,1-2H3. The zero-order valence-electron chi connectivity index (χ0n) is 16.1. The number of carbonyl (C=O) groups excluding carboxylic acids is 2. The van der Waals surface area contributed by atoms with Crippen molar-refractivity contribution in [3.8, 4) is 0 Å². The minimum absolute atomic E-state index is 0.00681. The molecule has 1 amide bonds. The minimum atomic E-state index is -2.89. The van der Waals surface area contributed by atoms with Crippen LogP contribution in [0.25, 0.3) is 0 Å². The summed E-state index contributed by atoms with van der Waals surface area (Å²) in [5.74, 6) is 0.537. The van der Waals surface area contributed by atoms with Crippen molar-refractivity contribution in [2.45, 2.75) is 39.2 Å². The molecule has 7 heteroatoms. The first-order valence-electron chi connectivity index (χ1n) is 9.58. The number of carbonyl (C=O) groups is 2. The van der Waals surface area contributed by atoms with E-state index < -0.39 is 9.84 Å². The predicted octanol–water partition coefficient (Wildman–Crippen LogP) is 1.60. The second-order valence-electron chi connectivity index (χ2n) is 7.72. The second-order valence-corrected chi connectivity index (χ2v) is 9.94. The highest BCUT2D eigenvalue weighted by Crippen LogP contribution is 2.20. The molecule has 2 saturated heterocycles. The third kappa shape index (κ3) is 4.96. The van der Waals surface area contributed by atoms with Crippen LogP contribution in [0.3, 0.4) is 0 Å². The summed E-state index contributed by atoms with van der Waals surface area (Å²) in [6.07, 6.45) is 1.15. The molecule has 0 N–H and O–H groups in total. The average molecular weight is 393 g/mol. The fourth-order valence-corrected chi connectivity index (χ4v) is 5.71. The normalized spacial score (nSPS) is 22.7. The molecule has 1 aromatic carbocycles. The van der Waals surface area contributed by atoms with Crippen molar-refractivity contribution in [3.63, 3.8) is 0 Å². The Morgan fingerprint density at radius 1 is 1.07 bits per heavy atom. The van der Waals surface area contributed by atoms with Crippen molar-refractivity contribution in [3.05, 3.63) is 34.9 Å². The number of rotatable bonds is 5. The Kier molecular flexibility index (Phi) is 6.01. The van der Waals surface area contributed by atoms with Gasteiger partial charge in [0.2, 0.25) is 5.91 Å². The molecule has 0 aliphatic carbocycles. The van der Waals surface area contributed by atoms with Crippen LogP contribution in [0.2, 0.25) is 0 Å². The lowest BCUT2D eigenvalue weighted by atomic mass is 9.99. The minimum Gasteiger partial charge on any atom is -0.340 e. The Bertz CT molecular complexity index is 826. The Morgan fingerprint density at radius 2 is 1.78 bits per heavy atom. The number of nitrogens with zero attached hydrogens (tertiary/aromatic N) is 2. The van der Waals surface area contributed by atoms with Crippen LogP contribution < -0.4 is 0 Å². The van der Waals surface area contributed by atoms with Gasteiger partial charge in [-0.15, -0.1) is 0 Å². The van der Waals surface area contributed by atoms with E-state index in [-0.39, 0.29) is 42.1 Å². The van der Waals surface area contributed by atoms with Crippen molar-refractivity contribution < 1.29 is 18.0 Å². The lowest BCUT2D eigenvalue weighted by molar-refractivity contribution is -0.133. The number of Topliss-reactive ketones (excluding diaryl/α,β-unsaturated/α-hetero) is 1. The van der Waals surface area contributed by atoms with E-state index in [1.165, 1.54) is 0 Å². The first-order valence-corrected chi connectivity index (χ1v) is 11.4. The average Bonchev–Trinajstić information content (AvgIpc) is 3.01. The highest BCUT2D eigenvalue weighted by molar-refractivity contribution is 7.91. The maximum Gasteiger partial charge on any atom is 0.223 e. The zero-order valence-corrected chi connectivity index (χ0v) is 16.9. The molecule has 3 rings (SSSR count). The van der Waals surface area contributed by atoms with Gasteiger partial charge in [0.1, 0.15) is 0 Å². The first-order chi connectivity index (χ1) is 12.7. The molecule has 1 unspecified atom stereocenters. The number of benzene rings is 1. The van der Waals surface area contributed by atoms with E-state index in [2.05, 4.69) is 4.90 Å². The Morgan fingerprint density at radius 3 is 2.41 bits per heavy atom. The number of hydrogen-bond acceptors (Lipinski definition) is 5. The molecule has 2 aliphatic heterocycles. The summed E-state index contributed by atoms with van der Waals surface area (Å²) in [6.45, 7) is 6.49. The molecule has 0 spiro atoms. The molecule has 148 valence electrons. The summed E-state index contributed by atoms with van der Waals surface area (Å²) in [4.78, 5) is 28.9. The summed E-state index contributed by atoms with van der Waals surface area (Å²) in [5.41, 5.74) is 2.69. The summed E-state index contributed by atoms with van der Waals surface area (Å²) < 4.78 is 23.3. The quantitative estimate of drug-likeness (QED) is 0.712. The number of ketones is 1. The fourth-order valence-electron chi connectivity index (χ4n) is 3.95. The maximum atomic E-state index is 12.5.